The molecule has 1 atom stereocenters. The van der Waals surface area contributed by atoms with E-state index in [0.29, 0.717) is 11.1 Å². The van der Waals surface area contributed by atoms with Crippen molar-refractivity contribution in [2.45, 2.75) is 19.3 Å². The molecule has 2 nitrogen and oxygen atoms in total. The summed E-state index contributed by atoms with van der Waals surface area (Å²) in [7, 11) is 0. The van der Waals surface area contributed by atoms with E-state index in [0.717, 1.165) is 0 Å². The highest BCUT2D eigenvalue weighted by atomic mass is 19.3. The van der Waals surface area contributed by atoms with Gasteiger partial charge in [0.25, 0.3) is 6.43 Å². The number of benzene rings is 1. The average molecular weight is 199 g/mol. The van der Waals surface area contributed by atoms with E-state index in [-0.39, 0.29) is 0 Å². The lowest BCUT2D eigenvalue weighted by atomic mass is 9.95. The Kier molecular flexibility index (Phi) is 3.17. The van der Waals surface area contributed by atoms with Crippen LogP contribution < -0.4 is 5.73 Å². The Labute approximate surface area is 80.7 Å². The minimum Gasteiger partial charge on any atom is -0.369 e. The summed E-state index contributed by atoms with van der Waals surface area (Å²) >= 11 is 0. The van der Waals surface area contributed by atoms with Crippen LogP contribution in [0.3, 0.4) is 0 Å². The van der Waals surface area contributed by atoms with E-state index in [9.17, 15) is 13.6 Å². The van der Waals surface area contributed by atoms with Crippen molar-refractivity contribution in [3.8, 4) is 0 Å². The quantitative estimate of drug-likeness (QED) is 0.792. The Bertz CT molecular complexity index is 339. The summed E-state index contributed by atoms with van der Waals surface area (Å²) in [5.74, 6) is -2.49. The molecule has 0 aliphatic heterocycles. The number of rotatable bonds is 3. The minimum atomic E-state index is -2.76. The van der Waals surface area contributed by atoms with Crippen LogP contribution in [0.4, 0.5) is 8.78 Å². The highest BCUT2D eigenvalue weighted by Crippen LogP contribution is 2.25. The van der Waals surface area contributed by atoms with Gasteiger partial charge in [0, 0.05) is 0 Å². The molecule has 0 heterocycles. The molecule has 0 aliphatic carbocycles. The van der Waals surface area contributed by atoms with Crippen LogP contribution in [0.1, 0.15) is 17.0 Å². The summed E-state index contributed by atoms with van der Waals surface area (Å²) in [6, 6.07) is 6.51. The molecule has 0 saturated carbocycles. The van der Waals surface area contributed by atoms with E-state index in [1.165, 1.54) is 6.07 Å². The molecule has 4 heteroatoms. The number of aryl methyl sites for hydroxylation is 1. The SMILES string of the molecule is Cc1ccccc1[C@@H](C(N)=O)C(F)F. The van der Waals surface area contributed by atoms with Crippen LogP contribution >= 0.6 is 0 Å². The lowest BCUT2D eigenvalue weighted by Crippen LogP contribution is -2.27. The molecule has 0 bridgehead atoms. The zero-order chi connectivity index (χ0) is 10.7. The Morgan fingerprint density at radius 1 is 1.36 bits per heavy atom. The van der Waals surface area contributed by atoms with Gasteiger partial charge in [-0.3, -0.25) is 4.79 Å². The Balaban J connectivity index is 3.12. The van der Waals surface area contributed by atoms with Crippen LogP contribution in [0.15, 0.2) is 24.3 Å². The third kappa shape index (κ3) is 2.07. The monoisotopic (exact) mass is 199 g/mol. The summed E-state index contributed by atoms with van der Waals surface area (Å²) in [5, 5.41) is 0. The number of nitrogens with two attached hydrogens (primary N) is 1. The van der Waals surface area contributed by atoms with Gasteiger partial charge in [0.05, 0.1) is 0 Å². The van der Waals surface area contributed by atoms with Gasteiger partial charge in [-0.2, -0.15) is 0 Å². The molecule has 0 unspecified atom stereocenters. The molecule has 0 radical (unpaired) electrons. The van der Waals surface area contributed by atoms with Gasteiger partial charge < -0.3 is 5.73 Å². The van der Waals surface area contributed by atoms with Crippen molar-refractivity contribution in [1.29, 1.82) is 0 Å². The molecular weight excluding hydrogens is 188 g/mol. The Hall–Kier alpha value is -1.45. The van der Waals surface area contributed by atoms with Crippen molar-refractivity contribution >= 4 is 5.91 Å². The fourth-order valence-electron chi connectivity index (χ4n) is 1.35. The van der Waals surface area contributed by atoms with Crippen LogP contribution in [0, 0.1) is 6.92 Å². The lowest BCUT2D eigenvalue weighted by Gasteiger charge is -2.14. The predicted molar refractivity (Wildman–Crippen MR) is 49.1 cm³/mol. The summed E-state index contributed by atoms with van der Waals surface area (Å²) in [4.78, 5) is 10.8. The molecule has 0 aromatic heterocycles. The number of halogens is 2. The second kappa shape index (κ2) is 4.17. The van der Waals surface area contributed by atoms with E-state index in [1.807, 2.05) is 0 Å². The molecule has 1 aromatic rings. The van der Waals surface area contributed by atoms with Gasteiger partial charge in [0.1, 0.15) is 5.92 Å². The second-order valence-electron chi connectivity index (χ2n) is 3.07. The molecule has 1 amide bonds. The highest BCUT2D eigenvalue weighted by molar-refractivity contribution is 5.82. The first kappa shape index (κ1) is 10.6. The molecule has 0 saturated heterocycles. The molecule has 0 fully saturated rings. The molecule has 0 aliphatic rings. The van der Waals surface area contributed by atoms with E-state index in [2.05, 4.69) is 0 Å². The molecule has 14 heavy (non-hydrogen) atoms. The summed E-state index contributed by atoms with van der Waals surface area (Å²) in [6.07, 6.45) is -2.76. The maximum absolute atomic E-state index is 12.5. The van der Waals surface area contributed by atoms with Crippen molar-refractivity contribution in [1.82, 2.24) is 0 Å². The van der Waals surface area contributed by atoms with Crippen LogP contribution in [-0.4, -0.2) is 12.3 Å². The number of amides is 1. The van der Waals surface area contributed by atoms with Gasteiger partial charge in [-0.05, 0) is 18.1 Å². The molecule has 76 valence electrons. The average Bonchev–Trinajstić information content (AvgIpc) is 2.07. The van der Waals surface area contributed by atoms with Crippen LogP contribution in [0.2, 0.25) is 0 Å². The summed E-state index contributed by atoms with van der Waals surface area (Å²) in [6.45, 7) is 1.67. The van der Waals surface area contributed by atoms with Crippen molar-refractivity contribution in [2.75, 3.05) is 0 Å². The summed E-state index contributed by atoms with van der Waals surface area (Å²) < 4.78 is 25.0. The molecular formula is C10H11F2NO. The van der Waals surface area contributed by atoms with Crippen molar-refractivity contribution < 1.29 is 13.6 Å². The van der Waals surface area contributed by atoms with Gasteiger partial charge in [-0.15, -0.1) is 0 Å². The smallest absolute Gasteiger partial charge is 0.254 e. The topological polar surface area (TPSA) is 43.1 Å². The lowest BCUT2D eigenvalue weighted by molar-refractivity contribution is -0.122. The molecule has 2 N–H and O–H groups in total. The normalized spacial score (nSPS) is 12.9. The highest BCUT2D eigenvalue weighted by Gasteiger charge is 2.28. The number of primary amides is 1. The second-order valence-corrected chi connectivity index (χ2v) is 3.07. The molecule has 0 spiro atoms. The third-order valence-electron chi connectivity index (χ3n) is 2.08. The molecule has 1 rings (SSSR count). The van der Waals surface area contributed by atoms with Gasteiger partial charge in [0.15, 0.2) is 0 Å². The minimum absolute atomic E-state index is 0.301. The van der Waals surface area contributed by atoms with Gasteiger partial charge in [-0.1, -0.05) is 24.3 Å². The first-order valence-corrected chi connectivity index (χ1v) is 4.17. The van der Waals surface area contributed by atoms with Crippen molar-refractivity contribution in [3.05, 3.63) is 35.4 Å². The Morgan fingerprint density at radius 2 is 1.93 bits per heavy atom. The van der Waals surface area contributed by atoms with Crippen molar-refractivity contribution in [3.63, 3.8) is 0 Å². The maximum Gasteiger partial charge on any atom is 0.254 e. The summed E-state index contributed by atoms with van der Waals surface area (Å²) in [5.41, 5.74) is 5.87. The zero-order valence-electron chi connectivity index (χ0n) is 7.71. The van der Waals surface area contributed by atoms with Crippen LogP contribution in [0.5, 0.6) is 0 Å². The largest absolute Gasteiger partial charge is 0.369 e. The number of carbonyl (C=O) groups is 1. The predicted octanol–water partition coefficient (Wildman–Crippen LogP) is 1.83. The molecule has 1 aromatic carbocycles. The number of carbonyl (C=O) groups excluding carboxylic acids is 1. The number of hydrogen-bond acceptors (Lipinski definition) is 1. The Morgan fingerprint density at radius 3 is 2.36 bits per heavy atom. The van der Waals surface area contributed by atoms with E-state index >= 15 is 0 Å². The standard InChI is InChI=1S/C10H11F2NO/c1-6-4-2-3-5-7(6)8(9(11)12)10(13)14/h2-5,8-9H,1H3,(H2,13,14)/t8-/m1/s1. The fraction of sp³-hybridized carbons (Fsp3) is 0.300. The van der Waals surface area contributed by atoms with Gasteiger partial charge in [0.2, 0.25) is 5.91 Å². The maximum atomic E-state index is 12.5. The first-order chi connectivity index (χ1) is 6.54. The zero-order valence-corrected chi connectivity index (χ0v) is 7.71. The van der Waals surface area contributed by atoms with Gasteiger partial charge in [-0.25, -0.2) is 8.78 Å². The third-order valence-corrected chi connectivity index (χ3v) is 2.08. The van der Waals surface area contributed by atoms with E-state index in [1.54, 1.807) is 25.1 Å². The van der Waals surface area contributed by atoms with Crippen molar-refractivity contribution in [2.24, 2.45) is 5.73 Å². The fourth-order valence-corrected chi connectivity index (χ4v) is 1.35. The number of alkyl halides is 2. The van der Waals surface area contributed by atoms with Crippen LogP contribution in [-0.2, 0) is 4.79 Å². The van der Waals surface area contributed by atoms with E-state index in [4.69, 9.17) is 5.73 Å². The van der Waals surface area contributed by atoms with Crippen LogP contribution in [0.25, 0.3) is 0 Å². The van der Waals surface area contributed by atoms with E-state index < -0.39 is 18.3 Å². The van der Waals surface area contributed by atoms with Gasteiger partial charge >= 0.3 is 0 Å². The number of hydrogen-bond donors (Lipinski definition) is 1. The first-order valence-electron chi connectivity index (χ1n) is 4.17.